The summed E-state index contributed by atoms with van der Waals surface area (Å²) < 4.78 is 40.5. The van der Waals surface area contributed by atoms with Gasteiger partial charge >= 0.3 is 12.2 Å². The van der Waals surface area contributed by atoms with Gasteiger partial charge in [0.05, 0.1) is 18.1 Å². The molecule has 14 heavy (non-hydrogen) atoms. The van der Waals surface area contributed by atoms with E-state index in [4.69, 9.17) is 5.73 Å². The summed E-state index contributed by atoms with van der Waals surface area (Å²) in [7, 11) is 0. The average Bonchev–Trinajstić information content (AvgIpc) is 2.07. The second kappa shape index (κ2) is 3.69. The highest BCUT2D eigenvalue weighted by Gasteiger charge is 2.38. The van der Waals surface area contributed by atoms with Crippen LogP contribution in [0.1, 0.15) is 6.92 Å². The number of halogens is 3. The summed E-state index contributed by atoms with van der Waals surface area (Å²) in [4.78, 5) is 6.95. The number of ether oxygens (including phenoxy) is 1. The van der Waals surface area contributed by atoms with Gasteiger partial charge < -0.3 is 10.5 Å². The molecule has 0 bridgehead atoms. The predicted molar refractivity (Wildman–Crippen MR) is 42.6 cm³/mol. The van der Waals surface area contributed by atoms with Crippen molar-refractivity contribution in [1.29, 1.82) is 0 Å². The van der Waals surface area contributed by atoms with Crippen LogP contribution in [0, 0.1) is 0 Å². The van der Waals surface area contributed by atoms with E-state index in [2.05, 4.69) is 14.7 Å². The standard InChI is InChI=1S/C7H8F3N3O/c1-4(7(8,9)10)14-6-12-2-5(11)3-13-6/h2-4H,11H2,1H3. The molecule has 0 aromatic carbocycles. The van der Waals surface area contributed by atoms with Crippen molar-refractivity contribution in [1.82, 2.24) is 9.97 Å². The van der Waals surface area contributed by atoms with Gasteiger partial charge in [-0.05, 0) is 6.92 Å². The molecule has 0 spiro atoms. The first-order valence-electron chi connectivity index (χ1n) is 3.70. The SMILES string of the molecule is CC(Oc1ncc(N)cn1)C(F)(F)F. The molecule has 7 heteroatoms. The number of anilines is 1. The third kappa shape index (κ3) is 2.75. The van der Waals surface area contributed by atoms with E-state index in [-0.39, 0.29) is 11.7 Å². The van der Waals surface area contributed by atoms with Crippen LogP contribution in [0.25, 0.3) is 0 Å². The van der Waals surface area contributed by atoms with E-state index >= 15 is 0 Å². The van der Waals surface area contributed by atoms with E-state index in [1.165, 1.54) is 12.4 Å². The maximum atomic E-state index is 12.0. The van der Waals surface area contributed by atoms with E-state index in [1.807, 2.05) is 0 Å². The maximum Gasteiger partial charge on any atom is 0.425 e. The number of aromatic nitrogens is 2. The molecule has 1 rings (SSSR count). The minimum absolute atomic E-state index is 0.261. The van der Waals surface area contributed by atoms with Crippen LogP contribution < -0.4 is 10.5 Å². The molecule has 0 radical (unpaired) electrons. The zero-order valence-electron chi connectivity index (χ0n) is 7.25. The quantitative estimate of drug-likeness (QED) is 0.795. The second-order valence-corrected chi connectivity index (χ2v) is 2.60. The lowest BCUT2D eigenvalue weighted by Crippen LogP contribution is -2.31. The normalized spacial score (nSPS) is 13.7. The van der Waals surface area contributed by atoms with Gasteiger partial charge in [-0.15, -0.1) is 0 Å². The van der Waals surface area contributed by atoms with Crippen molar-refractivity contribution in [3.05, 3.63) is 12.4 Å². The largest absolute Gasteiger partial charge is 0.451 e. The summed E-state index contributed by atoms with van der Waals surface area (Å²) in [5.41, 5.74) is 5.50. The monoisotopic (exact) mass is 207 g/mol. The van der Waals surface area contributed by atoms with Gasteiger partial charge in [-0.2, -0.15) is 13.2 Å². The number of hydrogen-bond acceptors (Lipinski definition) is 4. The zero-order valence-corrected chi connectivity index (χ0v) is 7.25. The molecule has 0 saturated carbocycles. The van der Waals surface area contributed by atoms with Gasteiger partial charge in [0.25, 0.3) is 0 Å². The summed E-state index contributed by atoms with van der Waals surface area (Å²) in [6, 6.07) is -0.343. The molecular formula is C7H8F3N3O. The van der Waals surface area contributed by atoms with E-state index in [0.29, 0.717) is 0 Å². The lowest BCUT2D eigenvalue weighted by atomic mass is 10.4. The first-order chi connectivity index (χ1) is 6.39. The van der Waals surface area contributed by atoms with Crippen molar-refractivity contribution < 1.29 is 17.9 Å². The van der Waals surface area contributed by atoms with E-state index in [0.717, 1.165) is 6.92 Å². The molecule has 2 N–H and O–H groups in total. The van der Waals surface area contributed by atoms with Gasteiger partial charge in [0.15, 0.2) is 6.10 Å². The highest BCUT2D eigenvalue weighted by atomic mass is 19.4. The molecule has 1 heterocycles. The van der Waals surface area contributed by atoms with Crippen LogP contribution in [-0.2, 0) is 0 Å². The number of rotatable bonds is 2. The van der Waals surface area contributed by atoms with Crippen LogP contribution >= 0.6 is 0 Å². The van der Waals surface area contributed by atoms with Gasteiger partial charge in [-0.25, -0.2) is 9.97 Å². The van der Waals surface area contributed by atoms with Crippen molar-refractivity contribution in [2.45, 2.75) is 19.2 Å². The van der Waals surface area contributed by atoms with E-state index in [9.17, 15) is 13.2 Å². The van der Waals surface area contributed by atoms with Crippen molar-refractivity contribution >= 4 is 5.69 Å². The highest BCUT2D eigenvalue weighted by Crippen LogP contribution is 2.22. The van der Waals surface area contributed by atoms with Gasteiger partial charge in [0.1, 0.15) is 0 Å². The summed E-state index contributed by atoms with van der Waals surface area (Å²) in [5, 5.41) is 0. The molecular weight excluding hydrogens is 199 g/mol. The highest BCUT2D eigenvalue weighted by molar-refractivity contribution is 5.30. The molecule has 78 valence electrons. The maximum absolute atomic E-state index is 12.0. The smallest absolute Gasteiger partial charge is 0.425 e. The molecule has 0 saturated heterocycles. The Morgan fingerprint density at radius 1 is 1.36 bits per heavy atom. The Morgan fingerprint density at radius 3 is 2.29 bits per heavy atom. The summed E-state index contributed by atoms with van der Waals surface area (Å²) in [5.74, 6) is 0. The fraction of sp³-hybridized carbons (Fsp3) is 0.429. The summed E-state index contributed by atoms with van der Waals surface area (Å²) in [6.45, 7) is 0.875. The van der Waals surface area contributed by atoms with Crippen LogP contribution in [0.2, 0.25) is 0 Å². The summed E-state index contributed by atoms with van der Waals surface area (Å²) in [6.07, 6.45) is -4.02. The number of nitrogens with two attached hydrogens (primary N) is 1. The zero-order chi connectivity index (χ0) is 10.8. The van der Waals surface area contributed by atoms with Gasteiger partial charge in [0.2, 0.25) is 0 Å². The Bertz CT molecular complexity index is 298. The number of nitrogen functional groups attached to an aromatic ring is 1. The summed E-state index contributed by atoms with van der Waals surface area (Å²) >= 11 is 0. The fourth-order valence-corrected chi connectivity index (χ4v) is 0.612. The van der Waals surface area contributed by atoms with Crippen LogP contribution in [0.5, 0.6) is 6.01 Å². The predicted octanol–water partition coefficient (Wildman–Crippen LogP) is 1.39. The molecule has 1 aromatic heterocycles. The van der Waals surface area contributed by atoms with Crippen molar-refractivity contribution in [2.75, 3.05) is 5.73 Å². The van der Waals surface area contributed by atoms with E-state index < -0.39 is 12.3 Å². The third-order valence-corrected chi connectivity index (χ3v) is 1.39. The molecule has 0 aliphatic carbocycles. The lowest BCUT2D eigenvalue weighted by Gasteiger charge is -2.15. The molecule has 1 unspecified atom stereocenters. The lowest BCUT2D eigenvalue weighted by molar-refractivity contribution is -0.190. The molecule has 0 fully saturated rings. The van der Waals surface area contributed by atoms with Crippen molar-refractivity contribution in [3.63, 3.8) is 0 Å². The van der Waals surface area contributed by atoms with E-state index in [1.54, 1.807) is 0 Å². The Morgan fingerprint density at radius 2 is 1.86 bits per heavy atom. The molecule has 0 amide bonds. The second-order valence-electron chi connectivity index (χ2n) is 2.60. The van der Waals surface area contributed by atoms with Crippen molar-refractivity contribution in [2.24, 2.45) is 0 Å². The Kier molecular flexibility index (Phi) is 2.78. The Balaban J connectivity index is 2.65. The first-order valence-corrected chi connectivity index (χ1v) is 3.70. The minimum Gasteiger partial charge on any atom is -0.451 e. The minimum atomic E-state index is -4.43. The van der Waals surface area contributed by atoms with Gasteiger partial charge in [0, 0.05) is 0 Å². The first kappa shape index (κ1) is 10.6. The van der Waals surface area contributed by atoms with Crippen LogP contribution in [0.3, 0.4) is 0 Å². The molecule has 0 aliphatic heterocycles. The molecule has 1 aromatic rings. The Labute approximate surface area is 77.9 Å². The molecule has 4 nitrogen and oxygen atoms in total. The topological polar surface area (TPSA) is 61.0 Å². The van der Waals surface area contributed by atoms with Crippen LogP contribution in [-0.4, -0.2) is 22.2 Å². The van der Waals surface area contributed by atoms with Crippen LogP contribution in [0.15, 0.2) is 12.4 Å². The van der Waals surface area contributed by atoms with Crippen LogP contribution in [0.4, 0.5) is 18.9 Å². The van der Waals surface area contributed by atoms with Crippen molar-refractivity contribution in [3.8, 4) is 6.01 Å². The third-order valence-electron chi connectivity index (χ3n) is 1.39. The molecule has 1 atom stereocenters. The number of hydrogen-bond donors (Lipinski definition) is 1. The average molecular weight is 207 g/mol. The van der Waals surface area contributed by atoms with Gasteiger partial charge in [-0.3, -0.25) is 0 Å². The number of alkyl halides is 3. The number of nitrogens with zero attached hydrogens (tertiary/aromatic N) is 2. The fourth-order valence-electron chi connectivity index (χ4n) is 0.612. The molecule has 0 aliphatic rings. The Hall–Kier alpha value is -1.53. The van der Waals surface area contributed by atoms with Gasteiger partial charge in [-0.1, -0.05) is 0 Å².